The van der Waals surface area contributed by atoms with Gasteiger partial charge < -0.3 is 13.8 Å². The number of hydrogen-bond donors (Lipinski definition) is 0. The molecule has 4 rings (SSSR count). The summed E-state index contributed by atoms with van der Waals surface area (Å²) in [5.74, 6) is 0.579. The summed E-state index contributed by atoms with van der Waals surface area (Å²) in [4.78, 5) is 14.7. The lowest BCUT2D eigenvalue weighted by Gasteiger charge is -2.26. The highest BCUT2D eigenvalue weighted by Gasteiger charge is 2.36. The van der Waals surface area contributed by atoms with Gasteiger partial charge in [0.2, 0.25) is 0 Å². The molecule has 0 spiro atoms. The largest absolute Gasteiger partial charge is 0.464 e. The van der Waals surface area contributed by atoms with Crippen LogP contribution in [-0.4, -0.2) is 41.9 Å². The Balaban J connectivity index is 1.62. The summed E-state index contributed by atoms with van der Waals surface area (Å²) in [6, 6.07) is 9.10. The van der Waals surface area contributed by atoms with Crippen LogP contribution in [0.5, 0.6) is 0 Å². The van der Waals surface area contributed by atoms with Crippen LogP contribution in [0.4, 0.5) is 4.39 Å². The first-order valence-corrected chi connectivity index (χ1v) is 11.3. The molecule has 9 heteroatoms. The topological polar surface area (TPSA) is 93.6 Å². The van der Waals surface area contributed by atoms with Crippen molar-refractivity contribution in [2.45, 2.75) is 32.9 Å². The van der Waals surface area contributed by atoms with Crippen molar-refractivity contribution in [3.05, 3.63) is 65.0 Å². The lowest BCUT2D eigenvalue weighted by molar-refractivity contribution is 0.0655. The highest BCUT2D eigenvalue weighted by Crippen LogP contribution is 2.26. The van der Waals surface area contributed by atoms with E-state index in [0.29, 0.717) is 29.1 Å². The predicted molar refractivity (Wildman–Crippen MR) is 107 cm³/mol. The van der Waals surface area contributed by atoms with Gasteiger partial charge in [-0.25, -0.2) is 12.8 Å². The second kappa shape index (κ2) is 7.71. The number of nitrogens with zero attached hydrogens (tertiary/aromatic N) is 2. The average molecular weight is 432 g/mol. The van der Waals surface area contributed by atoms with Crippen molar-refractivity contribution in [3.63, 3.8) is 0 Å². The molecule has 1 aromatic carbocycles. The van der Waals surface area contributed by atoms with Crippen molar-refractivity contribution in [3.8, 4) is 11.3 Å². The lowest BCUT2D eigenvalue weighted by atomic mass is 10.1. The molecule has 0 unspecified atom stereocenters. The minimum atomic E-state index is -3.20. The molecule has 0 bridgehead atoms. The van der Waals surface area contributed by atoms with Gasteiger partial charge in [-0.3, -0.25) is 4.79 Å². The molecule has 2 aromatic heterocycles. The molecule has 7 nitrogen and oxygen atoms in total. The fourth-order valence-corrected chi connectivity index (χ4v) is 5.26. The number of aryl methyl sites for hydroxylation is 2. The smallest absolute Gasteiger partial charge is 0.276 e. The maximum atomic E-state index is 13.9. The van der Waals surface area contributed by atoms with E-state index in [4.69, 9.17) is 8.94 Å². The number of halogens is 1. The van der Waals surface area contributed by atoms with Gasteiger partial charge in [0.1, 0.15) is 17.3 Å². The van der Waals surface area contributed by atoms with E-state index in [0.717, 1.165) is 0 Å². The Labute approximate surface area is 173 Å². The van der Waals surface area contributed by atoms with Gasteiger partial charge in [0.15, 0.2) is 21.3 Å². The molecule has 1 aliphatic heterocycles. The number of carbonyl (C=O) groups is 1. The van der Waals surface area contributed by atoms with Crippen LogP contribution >= 0.6 is 0 Å². The van der Waals surface area contributed by atoms with Crippen LogP contribution in [0.25, 0.3) is 11.3 Å². The van der Waals surface area contributed by atoms with E-state index in [2.05, 4.69) is 5.16 Å². The highest BCUT2D eigenvalue weighted by atomic mass is 32.2. The van der Waals surface area contributed by atoms with Crippen LogP contribution in [0.15, 0.2) is 45.3 Å². The van der Waals surface area contributed by atoms with Gasteiger partial charge in [-0.05, 0) is 44.0 Å². The molecular formula is C21H21FN2O5S. The second-order valence-electron chi connectivity index (χ2n) is 7.54. The van der Waals surface area contributed by atoms with Crippen LogP contribution < -0.4 is 0 Å². The van der Waals surface area contributed by atoms with E-state index in [1.54, 1.807) is 38.1 Å². The molecule has 1 atom stereocenters. The highest BCUT2D eigenvalue weighted by molar-refractivity contribution is 7.91. The molecule has 1 fully saturated rings. The molecule has 1 saturated heterocycles. The summed E-state index contributed by atoms with van der Waals surface area (Å²) in [5.41, 5.74) is 0.983. The molecule has 1 aliphatic rings. The van der Waals surface area contributed by atoms with Crippen LogP contribution in [0, 0.1) is 19.7 Å². The fraction of sp³-hybridized carbons (Fsp3) is 0.333. The van der Waals surface area contributed by atoms with Crippen molar-refractivity contribution in [1.29, 1.82) is 0 Å². The molecule has 0 radical (unpaired) electrons. The number of hydrogen-bond acceptors (Lipinski definition) is 6. The Morgan fingerprint density at radius 1 is 1.23 bits per heavy atom. The van der Waals surface area contributed by atoms with Crippen molar-refractivity contribution in [2.24, 2.45) is 0 Å². The number of sulfone groups is 1. The molecule has 30 heavy (non-hydrogen) atoms. The van der Waals surface area contributed by atoms with Gasteiger partial charge in [0, 0.05) is 17.7 Å². The molecule has 0 aliphatic carbocycles. The standard InChI is InChI=1S/C21H21FN2O5S/c1-13-3-5-15(9-18(13)22)20-10-19(23-29-20)21(25)24(11-17-6-4-14(2)28-17)16-7-8-30(26,27)12-16/h3-6,9-10,16H,7-8,11-12H2,1-2H3/t16-/m0/s1. The first kappa shape index (κ1) is 20.3. The summed E-state index contributed by atoms with van der Waals surface area (Å²) in [7, 11) is -3.20. The quantitative estimate of drug-likeness (QED) is 0.612. The summed E-state index contributed by atoms with van der Waals surface area (Å²) >= 11 is 0. The maximum absolute atomic E-state index is 13.9. The van der Waals surface area contributed by atoms with E-state index in [1.807, 2.05) is 0 Å². The predicted octanol–water partition coefficient (Wildman–Crippen LogP) is 3.52. The third-order valence-electron chi connectivity index (χ3n) is 5.22. The number of benzene rings is 1. The maximum Gasteiger partial charge on any atom is 0.276 e. The van der Waals surface area contributed by atoms with Gasteiger partial charge in [-0.2, -0.15) is 0 Å². The van der Waals surface area contributed by atoms with Gasteiger partial charge in [0.25, 0.3) is 5.91 Å². The summed E-state index contributed by atoms with van der Waals surface area (Å²) < 4.78 is 48.7. The van der Waals surface area contributed by atoms with Crippen molar-refractivity contribution in [1.82, 2.24) is 10.1 Å². The molecule has 3 aromatic rings. The second-order valence-corrected chi connectivity index (χ2v) is 9.77. The van der Waals surface area contributed by atoms with Crippen molar-refractivity contribution in [2.75, 3.05) is 11.5 Å². The molecule has 158 valence electrons. The minimum Gasteiger partial charge on any atom is -0.464 e. The number of rotatable bonds is 5. The summed E-state index contributed by atoms with van der Waals surface area (Å²) in [6.07, 6.45) is 0.349. The minimum absolute atomic E-state index is 0.0264. The summed E-state index contributed by atoms with van der Waals surface area (Å²) in [6.45, 7) is 3.56. The number of amides is 1. The zero-order chi connectivity index (χ0) is 21.5. The molecular weight excluding hydrogens is 411 g/mol. The SMILES string of the molecule is Cc1ccc(CN(C(=O)c2cc(-c3ccc(C)c(F)c3)on2)[C@H]2CCS(=O)(=O)C2)o1. The Bertz CT molecular complexity index is 1200. The Morgan fingerprint density at radius 3 is 2.67 bits per heavy atom. The average Bonchev–Trinajstić information content (AvgIpc) is 3.41. The van der Waals surface area contributed by atoms with E-state index in [1.165, 1.54) is 17.0 Å². The Morgan fingerprint density at radius 2 is 2.03 bits per heavy atom. The molecule has 0 N–H and O–H groups in total. The Kier molecular flexibility index (Phi) is 5.23. The zero-order valence-corrected chi connectivity index (χ0v) is 17.4. The first-order valence-electron chi connectivity index (χ1n) is 9.52. The van der Waals surface area contributed by atoms with Gasteiger partial charge in [0.05, 0.1) is 18.1 Å². The molecule has 0 saturated carbocycles. The third-order valence-corrected chi connectivity index (χ3v) is 6.97. The van der Waals surface area contributed by atoms with Gasteiger partial charge in [-0.15, -0.1) is 0 Å². The van der Waals surface area contributed by atoms with E-state index in [9.17, 15) is 17.6 Å². The fourth-order valence-electron chi connectivity index (χ4n) is 3.53. The number of aromatic nitrogens is 1. The normalized spacial score (nSPS) is 17.9. The van der Waals surface area contributed by atoms with Crippen LogP contribution in [0.3, 0.4) is 0 Å². The Hall–Kier alpha value is -2.94. The third kappa shape index (κ3) is 4.16. The van der Waals surface area contributed by atoms with Gasteiger partial charge in [-0.1, -0.05) is 17.3 Å². The number of furan rings is 1. The number of carbonyl (C=O) groups excluding carboxylic acids is 1. The van der Waals surface area contributed by atoms with E-state index >= 15 is 0 Å². The van der Waals surface area contributed by atoms with E-state index in [-0.39, 0.29) is 35.3 Å². The molecule has 1 amide bonds. The van der Waals surface area contributed by atoms with Crippen LogP contribution in [-0.2, 0) is 16.4 Å². The van der Waals surface area contributed by atoms with Crippen LogP contribution in [0.2, 0.25) is 0 Å². The summed E-state index contributed by atoms with van der Waals surface area (Å²) in [5, 5.41) is 3.85. The van der Waals surface area contributed by atoms with Crippen molar-refractivity contribution < 1.29 is 26.5 Å². The van der Waals surface area contributed by atoms with Gasteiger partial charge >= 0.3 is 0 Å². The first-order chi connectivity index (χ1) is 14.2. The van der Waals surface area contributed by atoms with E-state index < -0.39 is 21.8 Å². The monoisotopic (exact) mass is 432 g/mol. The molecule has 3 heterocycles. The van der Waals surface area contributed by atoms with Crippen molar-refractivity contribution >= 4 is 15.7 Å². The van der Waals surface area contributed by atoms with Crippen LogP contribution in [0.1, 0.15) is 34.0 Å². The zero-order valence-electron chi connectivity index (χ0n) is 16.6. The lowest BCUT2D eigenvalue weighted by Crippen LogP contribution is -2.40.